The number of carbonyl (C=O) groups excluding carboxylic acids is 2. The molecule has 1 unspecified atom stereocenters. The molecule has 0 aromatic heterocycles. The minimum atomic E-state index is -1.05. The minimum Gasteiger partial charge on any atom is -0.465 e. The molecule has 1 aromatic carbocycles. The van der Waals surface area contributed by atoms with Crippen LogP contribution in [0.2, 0.25) is 0 Å². The van der Waals surface area contributed by atoms with Gasteiger partial charge in [0.05, 0.1) is 16.8 Å². The van der Waals surface area contributed by atoms with E-state index in [1.165, 1.54) is 12.3 Å². The summed E-state index contributed by atoms with van der Waals surface area (Å²) >= 11 is 2.99. The minimum absolute atomic E-state index is 0.161. The highest BCUT2D eigenvalue weighted by Crippen LogP contribution is 2.31. The lowest BCUT2D eigenvalue weighted by Crippen LogP contribution is -2.29. The molecule has 2 rings (SSSR count). The SMILES string of the molecule is CCOC(=O)C1C=Nc2cc(F)c(Br)cc2C1=O. The van der Waals surface area contributed by atoms with Crippen LogP contribution in [-0.4, -0.2) is 24.6 Å². The second-order valence-corrected chi connectivity index (χ2v) is 4.51. The van der Waals surface area contributed by atoms with Crippen LogP contribution < -0.4 is 0 Å². The molecule has 94 valence electrons. The number of Topliss-reactive ketones (excluding diaryl/α,β-unsaturated/α-hetero) is 1. The summed E-state index contributed by atoms with van der Waals surface area (Å²) in [5.74, 6) is -2.63. The summed E-state index contributed by atoms with van der Waals surface area (Å²) in [6, 6.07) is 2.48. The Morgan fingerprint density at radius 1 is 1.56 bits per heavy atom. The van der Waals surface area contributed by atoms with Gasteiger partial charge in [-0.2, -0.15) is 0 Å². The van der Waals surface area contributed by atoms with Gasteiger partial charge in [0.15, 0.2) is 11.7 Å². The number of nitrogens with zero attached hydrogens (tertiary/aromatic N) is 1. The fourth-order valence-electron chi connectivity index (χ4n) is 1.63. The molecule has 0 N–H and O–H groups in total. The summed E-state index contributed by atoms with van der Waals surface area (Å²) in [6.45, 7) is 1.85. The predicted octanol–water partition coefficient (Wildman–Crippen LogP) is 2.67. The quantitative estimate of drug-likeness (QED) is 0.623. The van der Waals surface area contributed by atoms with Gasteiger partial charge in [-0.25, -0.2) is 4.39 Å². The first-order valence-electron chi connectivity index (χ1n) is 5.28. The summed E-state index contributed by atoms with van der Waals surface area (Å²) in [5.41, 5.74) is 0.435. The van der Waals surface area contributed by atoms with E-state index < -0.39 is 23.5 Å². The number of rotatable bonds is 2. The lowest BCUT2D eigenvalue weighted by molar-refractivity contribution is -0.143. The van der Waals surface area contributed by atoms with E-state index in [1.54, 1.807) is 6.92 Å². The summed E-state index contributed by atoms with van der Waals surface area (Å²) in [7, 11) is 0. The lowest BCUT2D eigenvalue weighted by Gasteiger charge is -2.16. The zero-order chi connectivity index (χ0) is 13.3. The number of aliphatic imine (C=N–C) groups is 1. The van der Waals surface area contributed by atoms with Gasteiger partial charge in [-0.3, -0.25) is 14.6 Å². The van der Waals surface area contributed by atoms with Crippen LogP contribution >= 0.6 is 15.9 Å². The van der Waals surface area contributed by atoms with Gasteiger partial charge in [-0.15, -0.1) is 0 Å². The van der Waals surface area contributed by atoms with Crippen LogP contribution in [0.3, 0.4) is 0 Å². The Balaban J connectivity index is 2.39. The van der Waals surface area contributed by atoms with Gasteiger partial charge in [-0.1, -0.05) is 0 Å². The number of halogens is 2. The molecule has 0 spiro atoms. The predicted molar refractivity (Wildman–Crippen MR) is 66.7 cm³/mol. The van der Waals surface area contributed by atoms with Crippen LogP contribution in [0.4, 0.5) is 10.1 Å². The van der Waals surface area contributed by atoms with Crippen molar-refractivity contribution in [3.8, 4) is 0 Å². The van der Waals surface area contributed by atoms with Gasteiger partial charge in [0.25, 0.3) is 0 Å². The number of esters is 1. The molecule has 6 heteroatoms. The number of hydrogen-bond acceptors (Lipinski definition) is 4. The zero-order valence-electron chi connectivity index (χ0n) is 9.44. The molecule has 1 heterocycles. The number of ketones is 1. The van der Waals surface area contributed by atoms with Gasteiger partial charge in [0.2, 0.25) is 0 Å². The Labute approximate surface area is 111 Å². The van der Waals surface area contributed by atoms with Crippen molar-refractivity contribution < 1.29 is 18.7 Å². The molecule has 1 aromatic rings. The van der Waals surface area contributed by atoms with E-state index >= 15 is 0 Å². The molecule has 0 aliphatic carbocycles. The first-order valence-corrected chi connectivity index (χ1v) is 6.08. The lowest BCUT2D eigenvalue weighted by atomic mass is 9.94. The van der Waals surface area contributed by atoms with E-state index in [1.807, 2.05) is 0 Å². The summed E-state index contributed by atoms with van der Waals surface area (Å²) < 4.78 is 18.2. The summed E-state index contributed by atoms with van der Waals surface area (Å²) in [5, 5.41) is 0. The van der Waals surface area contributed by atoms with Crippen molar-refractivity contribution in [1.29, 1.82) is 0 Å². The van der Waals surface area contributed by atoms with Crippen LogP contribution in [0.25, 0.3) is 0 Å². The highest BCUT2D eigenvalue weighted by Gasteiger charge is 2.32. The fourth-order valence-corrected chi connectivity index (χ4v) is 1.97. The highest BCUT2D eigenvalue weighted by molar-refractivity contribution is 9.10. The third kappa shape index (κ3) is 2.20. The maximum atomic E-state index is 13.3. The Hall–Kier alpha value is -1.56. The standard InChI is InChI=1S/C12H9BrFNO3/c1-2-18-12(17)7-5-15-10-4-9(14)8(13)3-6(10)11(7)16/h3-5,7H,2H2,1H3. The highest BCUT2D eigenvalue weighted by atomic mass is 79.9. The Morgan fingerprint density at radius 3 is 2.94 bits per heavy atom. The summed E-state index contributed by atoms with van der Waals surface area (Å²) in [6.07, 6.45) is 1.19. The Morgan fingerprint density at radius 2 is 2.28 bits per heavy atom. The number of carbonyl (C=O) groups is 2. The van der Waals surface area contributed by atoms with Gasteiger partial charge in [0, 0.05) is 17.8 Å². The Bertz CT molecular complexity index is 556. The topological polar surface area (TPSA) is 55.7 Å². The average molecular weight is 314 g/mol. The zero-order valence-corrected chi connectivity index (χ0v) is 11.0. The second kappa shape index (κ2) is 4.97. The molecule has 0 saturated heterocycles. The molecule has 1 atom stereocenters. The molecule has 0 bridgehead atoms. The number of fused-ring (bicyclic) bond motifs is 1. The first kappa shape index (κ1) is 12.9. The molecular weight excluding hydrogens is 305 g/mol. The van der Waals surface area contributed by atoms with Crippen molar-refractivity contribution in [2.45, 2.75) is 6.92 Å². The smallest absolute Gasteiger partial charge is 0.322 e. The van der Waals surface area contributed by atoms with Crippen LogP contribution in [-0.2, 0) is 9.53 Å². The molecule has 0 radical (unpaired) electrons. The van der Waals surface area contributed by atoms with Crippen molar-refractivity contribution in [3.05, 3.63) is 28.0 Å². The van der Waals surface area contributed by atoms with Crippen molar-refractivity contribution in [2.24, 2.45) is 10.9 Å². The van der Waals surface area contributed by atoms with E-state index in [0.717, 1.165) is 6.07 Å². The fraction of sp³-hybridized carbons (Fsp3) is 0.250. The monoisotopic (exact) mass is 313 g/mol. The van der Waals surface area contributed by atoms with Crippen LogP contribution in [0.15, 0.2) is 21.6 Å². The Kier molecular flexibility index (Phi) is 3.56. The van der Waals surface area contributed by atoms with E-state index in [9.17, 15) is 14.0 Å². The molecule has 0 fully saturated rings. The molecule has 1 aliphatic heterocycles. The van der Waals surface area contributed by atoms with Crippen molar-refractivity contribution >= 4 is 39.6 Å². The summed E-state index contributed by atoms with van der Waals surface area (Å²) in [4.78, 5) is 27.5. The van der Waals surface area contributed by atoms with E-state index in [4.69, 9.17) is 4.74 Å². The average Bonchev–Trinajstić information content (AvgIpc) is 2.32. The molecule has 0 amide bonds. The number of ether oxygens (including phenoxy) is 1. The van der Waals surface area contributed by atoms with E-state index in [0.29, 0.717) is 0 Å². The maximum Gasteiger partial charge on any atom is 0.322 e. The van der Waals surface area contributed by atoms with Gasteiger partial charge < -0.3 is 4.74 Å². The molecular formula is C12H9BrFNO3. The molecule has 4 nitrogen and oxygen atoms in total. The van der Waals surface area contributed by atoms with Crippen molar-refractivity contribution in [1.82, 2.24) is 0 Å². The molecule has 1 aliphatic rings. The van der Waals surface area contributed by atoms with Crippen LogP contribution in [0, 0.1) is 11.7 Å². The van der Waals surface area contributed by atoms with E-state index in [-0.39, 0.29) is 22.3 Å². The number of benzene rings is 1. The largest absolute Gasteiger partial charge is 0.465 e. The van der Waals surface area contributed by atoms with Gasteiger partial charge >= 0.3 is 5.97 Å². The van der Waals surface area contributed by atoms with E-state index in [2.05, 4.69) is 20.9 Å². The normalized spacial score (nSPS) is 17.5. The van der Waals surface area contributed by atoms with Gasteiger partial charge in [0.1, 0.15) is 5.82 Å². The number of hydrogen-bond donors (Lipinski definition) is 0. The molecule has 0 saturated carbocycles. The van der Waals surface area contributed by atoms with Crippen LogP contribution in [0.5, 0.6) is 0 Å². The van der Waals surface area contributed by atoms with Crippen molar-refractivity contribution in [2.75, 3.05) is 6.61 Å². The first-order chi connectivity index (χ1) is 8.54. The maximum absolute atomic E-state index is 13.3. The van der Waals surface area contributed by atoms with Crippen LogP contribution in [0.1, 0.15) is 17.3 Å². The second-order valence-electron chi connectivity index (χ2n) is 3.66. The third-order valence-electron chi connectivity index (χ3n) is 2.49. The molecule has 18 heavy (non-hydrogen) atoms. The van der Waals surface area contributed by atoms with Gasteiger partial charge in [-0.05, 0) is 28.9 Å². The third-order valence-corrected chi connectivity index (χ3v) is 3.10. The van der Waals surface area contributed by atoms with Crippen molar-refractivity contribution in [3.63, 3.8) is 0 Å².